The van der Waals surface area contributed by atoms with E-state index in [1.165, 1.54) is 11.1 Å². The summed E-state index contributed by atoms with van der Waals surface area (Å²) in [5.74, 6) is 1.08. The normalized spacial score (nSPS) is 15.8. The van der Waals surface area contributed by atoms with Crippen LogP contribution in [0.4, 0.5) is 0 Å². The zero-order chi connectivity index (χ0) is 14.4. The average Bonchev–Trinajstić information content (AvgIpc) is 2.50. The fraction of sp³-hybridized carbons (Fsp3) is 0.647. The third kappa shape index (κ3) is 4.22. The molecule has 3 nitrogen and oxygen atoms in total. The van der Waals surface area contributed by atoms with Gasteiger partial charge >= 0.3 is 0 Å². The van der Waals surface area contributed by atoms with Crippen LogP contribution in [0.3, 0.4) is 0 Å². The van der Waals surface area contributed by atoms with Gasteiger partial charge in [0.05, 0.1) is 6.61 Å². The van der Waals surface area contributed by atoms with Crippen LogP contribution in [-0.2, 0) is 13.0 Å². The molecule has 20 heavy (non-hydrogen) atoms. The molecule has 0 fully saturated rings. The van der Waals surface area contributed by atoms with Crippen molar-refractivity contribution in [1.82, 2.24) is 10.2 Å². The summed E-state index contributed by atoms with van der Waals surface area (Å²) >= 11 is 0. The molecule has 1 atom stereocenters. The van der Waals surface area contributed by atoms with Crippen molar-refractivity contribution in [1.29, 1.82) is 0 Å². The first kappa shape index (κ1) is 15.3. The topological polar surface area (TPSA) is 24.5 Å². The molecule has 1 aliphatic heterocycles. The molecule has 0 amide bonds. The van der Waals surface area contributed by atoms with Crippen LogP contribution < -0.4 is 10.1 Å². The van der Waals surface area contributed by atoms with E-state index in [0.29, 0.717) is 6.04 Å². The van der Waals surface area contributed by atoms with Gasteiger partial charge in [-0.2, -0.15) is 0 Å². The monoisotopic (exact) mass is 276 g/mol. The maximum atomic E-state index is 5.66. The molecule has 3 heteroatoms. The molecule has 0 aromatic heterocycles. The second-order valence-electron chi connectivity index (χ2n) is 5.66. The highest BCUT2D eigenvalue weighted by atomic mass is 16.5. The van der Waals surface area contributed by atoms with E-state index in [4.69, 9.17) is 4.74 Å². The Morgan fingerprint density at radius 3 is 2.85 bits per heavy atom. The van der Waals surface area contributed by atoms with E-state index >= 15 is 0 Å². The van der Waals surface area contributed by atoms with E-state index in [2.05, 4.69) is 49.2 Å². The highest BCUT2D eigenvalue weighted by molar-refractivity contribution is 5.38. The lowest BCUT2D eigenvalue weighted by Crippen LogP contribution is -2.38. The number of ether oxygens (including phenoxy) is 1. The molecule has 1 unspecified atom stereocenters. The predicted molar refractivity (Wildman–Crippen MR) is 84.3 cm³/mol. The van der Waals surface area contributed by atoms with Gasteiger partial charge in [-0.3, -0.25) is 0 Å². The number of benzene rings is 1. The first-order chi connectivity index (χ1) is 9.72. The van der Waals surface area contributed by atoms with E-state index in [1.54, 1.807) is 0 Å². The summed E-state index contributed by atoms with van der Waals surface area (Å²) in [5, 5.41) is 3.62. The predicted octanol–water partition coefficient (Wildman–Crippen LogP) is 2.83. The van der Waals surface area contributed by atoms with Gasteiger partial charge in [0.15, 0.2) is 0 Å². The van der Waals surface area contributed by atoms with Crippen LogP contribution in [0, 0.1) is 0 Å². The van der Waals surface area contributed by atoms with Crippen LogP contribution in [0.25, 0.3) is 0 Å². The van der Waals surface area contributed by atoms with Crippen molar-refractivity contribution >= 4 is 0 Å². The van der Waals surface area contributed by atoms with Gasteiger partial charge < -0.3 is 15.0 Å². The number of hydrogen-bond donors (Lipinski definition) is 1. The molecule has 1 heterocycles. The Bertz CT molecular complexity index is 415. The Balaban J connectivity index is 1.84. The minimum absolute atomic E-state index is 0.516. The van der Waals surface area contributed by atoms with Crippen LogP contribution >= 0.6 is 0 Å². The summed E-state index contributed by atoms with van der Waals surface area (Å²) in [6, 6.07) is 7.12. The highest BCUT2D eigenvalue weighted by Gasteiger charge is 2.11. The second kappa shape index (κ2) is 7.65. The SMILES string of the molecule is CCN(CC)CC(C)NCc1ccc2c(c1)CCCO2. The number of nitrogens with one attached hydrogen (secondary N) is 1. The van der Waals surface area contributed by atoms with Crippen molar-refractivity contribution in [2.24, 2.45) is 0 Å². The molecule has 2 rings (SSSR count). The molecular weight excluding hydrogens is 248 g/mol. The van der Waals surface area contributed by atoms with Crippen molar-refractivity contribution in [2.45, 2.75) is 46.2 Å². The summed E-state index contributed by atoms with van der Waals surface area (Å²) in [6.07, 6.45) is 2.29. The van der Waals surface area contributed by atoms with Crippen LogP contribution in [0.1, 0.15) is 38.3 Å². The lowest BCUT2D eigenvalue weighted by Gasteiger charge is -2.24. The molecule has 112 valence electrons. The van der Waals surface area contributed by atoms with E-state index < -0.39 is 0 Å². The summed E-state index contributed by atoms with van der Waals surface area (Å²) in [6.45, 7) is 11.9. The lowest BCUT2D eigenvalue weighted by atomic mass is 10.0. The molecule has 0 bridgehead atoms. The Morgan fingerprint density at radius 2 is 2.10 bits per heavy atom. The van der Waals surface area contributed by atoms with Crippen molar-refractivity contribution < 1.29 is 4.74 Å². The summed E-state index contributed by atoms with van der Waals surface area (Å²) in [5.41, 5.74) is 2.73. The molecular formula is C17H28N2O. The summed E-state index contributed by atoms with van der Waals surface area (Å²) < 4.78 is 5.66. The average molecular weight is 276 g/mol. The van der Waals surface area contributed by atoms with Gasteiger partial charge in [0, 0.05) is 19.1 Å². The summed E-state index contributed by atoms with van der Waals surface area (Å²) in [4.78, 5) is 2.46. The molecule has 1 aromatic rings. The standard InChI is InChI=1S/C17H28N2O/c1-4-19(5-2)13-14(3)18-12-15-8-9-17-16(11-15)7-6-10-20-17/h8-9,11,14,18H,4-7,10,12-13H2,1-3H3. The van der Waals surface area contributed by atoms with Gasteiger partial charge in [0.1, 0.15) is 5.75 Å². The first-order valence-electron chi connectivity index (χ1n) is 7.93. The van der Waals surface area contributed by atoms with E-state index in [0.717, 1.165) is 51.4 Å². The number of fused-ring (bicyclic) bond motifs is 1. The van der Waals surface area contributed by atoms with E-state index in [-0.39, 0.29) is 0 Å². The fourth-order valence-electron chi connectivity index (χ4n) is 2.75. The molecule has 0 aliphatic carbocycles. The number of rotatable bonds is 7. The first-order valence-corrected chi connectivity index (χ1v) is 7.93. The van der Waals surface area contributed by atoms with Crippen molar-refractivity contribution in [3.8, 4) is 5.75 Å². The van der Waals surface area contributed by atoms with E-state index in [9.17, 15) is 0 Å². The quantitative estimate of drug-likeness (QED) is 0.829. The van der Waals surface area contributed by atoms with Gasteiger partial charge in [-0.1, -0.05) is 26.0 Å². The van der Waals surface area contributed by atoms with Gasteiger partial charge in [-0.15, -0.1) is 0 Å². The number of hydrogen-bond acceptors (Lipinski definition) is 3. The van der Waals surface area contributed by atoms with Crippen LogP contribution in [-0.4, -0.2) is 37.2 Å². The molecule has 0 saturated carbocycles. The molecule has 1 N–H and O–H groups in total. The molecule has 0 radical (unpaired) electrons. The second-order valence-corrected chi connectivity index (χ2v) is 5.66. The van der Waals surface area contributed by atoms with Gasteiger partial charge in [0.25, 0.3) is 0 Å². The highest BCUT2D eigenvalue weighted by Crippen LogP contribution is 2.25. The largest absolute Gasteiger partial charge is 0.493 e. The lowest BCUT2D eigenvalue weighted by molar-refractivity contribution is 0.270. The molecule has 0 spiro atoms. The number of nitrogens with zero attached hydrogens (tertiary/aromatic N) is 1. The Hall–Kier alpha value is -1.06. The zero-order valence-corrected chi connectivity index (χ0v) is 13.1. The van der Waals surface area contributed by atoms with Crippen molar-refractivity contribution in [3.63, 3.8) is 0 Å². The Morgan fingerprint density at radius 1 is 1.30 bits per heavy atom. The molecule has 1 aromatic carbocycles. The Kier molecular flexibility index (Phi) is 5.86. The smallest absolute Gasteiger partial charge is 0.122 e. The molecule has 0 saturated heterocycles. The van der Waals surface area contributed by atoms with Crippen LogP contribution in [0.2, 0.25) is 0 Å². The number of likely N-dealkylation sites (N-methyl/N-ethyl adjacent to an activating group) is 1. The fourth-order valence-corrected chi connectivity index (χ4v) is 2.75. The van der Waals surface area contributed by atoms with Crippen molar-refractivity contribution in [2.75, 3.05) is 26.2 Å². The van der Waals surface area contributed by atoms with Gasteiger partial charge in [-0.25, -0.2) is 0 Å². The molecule has 1 aliphatic rings. The van der Waals surface area contributed by atoms with Gasteiger partial charge in [-0.05, 0) is 50.0 Å². The van der Waals surface area contributed by atoms with Crippen LogP contribution in [0.15, 0.2) is 18.2 Å². The Labute approximate surface area is 123 Å². The van der Waals surface area contributed by atoms with Crippen molar-refractivity contribution in [3.05, 3.63) is 29.3 Å². The third-order valence-electron chi connectivity index (χ3n) is 4.05. The van der Waals surface area contributed by atoms with Gasteiger partial charge in [0.2, 0.25) is 0 Å². The number of aryl methyl sites for hydroxylation is 1. The van der Waals surface area contributed by atoms with Crippen LogP contribution in [0.5, 0.6) is 5.75 Å². The zero-order valence-electron chi connectivity index (χ0n) is 13.1. The summed E-state index contributed by atoms with van der Waals surface area (Å²) in [7, 11) is 0. The maximum Gasteiger partial charge on any atom is 0.122 e. The minimum Gasteiger partial charge on any atom is -0.493 e. The minimum atomic E-state index is 0.516. The van der Waals surface area contributed by atoms with E-state index in [1.807, 2.05) is 0 Å². The maximum absolute atomic E-state index is 5.66. The third-order valence-corrected chi connectivity index (χ3v) is 4.05.